The standard InChI is InChI=1S/C18H24N2O4/c1-13(16(21)23-5)20-15-11-7-6-9-14(15)10-8-12-19-17(22)24-18(2,3)4/h6-7,9,11,13,20H,12H2,1-5H3,(H,19,22)/t13-/m1/s1. The zero-order valence-electron chi connectivity index (χ0n) is 14.7. The van der Waals surface area contributed by atoms with Gasteiger partial charge in [0, 0.05) is 5.56 Å². The molecule has 0 aliphatic rings. The molecule has 0 unspecified atom stereocenters. The summed E-state index contributed by atoms with van der Waals surface area (Å²) >= 11 is 0. The van der Waals surface area contributed by atoms with Gasteiger partial charge in [0.2, 0.25) is 0 Å². The second kappa shape index (κ2) is 8.82. The summed E-state index contributed by atoms with van der Waals surface area (Å²) in [7, 11) is 1.34. The third kappa shape index (κ3) is 7.05. The number of carbonyl (C=O) groups excluding carboxylic acids is 2. The first-order chi connectivity index (χ1) is 11.2. The minimum atomic E-state index is -0.544. The molecular formula is C18H24N2O4. The van der Waals surface area contributed by atoms with E-state index < -0.39 is 17.7 Å². The quantitative estimate of drug-likeness (QED) is 0.654. The van der Waals surface area contributed by atoms with Crippen molar-refractivity contribution in [1.82, 2.24) is 5.32 Å². The molecule has 0 radical (unpaired) electrons. The second-order valence-electron chi connectivity index (χ2n) is 6.09. The van der Waals surface area contributed by atoms with Gasteiger partial charge in [-0.25, -0.2) is 9.59 Å². The summed E-state index contributed by atoms with van der Waals surface area (Å²) in [5.74, 6) is 5.46. The van der Waals surface area contributed by atoms with Crippen LogP contribution in [-0.2, 0) is 14.3 Å². The highest BCUT2D eigenvalue weighted by Gasteiger charge is 2.15. The third-order valence-corrected chi connectivity index (χ3v) is 2.80. The molecule has 1 aromatic carbocycles. The fourth-order valence-electron chi connectivity index (χ4n) is 1.76. The Labute approximate surface area is 142 Å². The highest BCUT2D eigenvalue weighted by Crippen LogP contribution is 2.15. The number of anilines is 1. The molecule has 0 saturated carbocycles. The highest BCUT2D eigenvalue weighted by molar-refractivity contribution is 5.79. The van der Waals surface area contributed by atoms with Gasteiger partial charge in [0.1, 0.15) is 11.6 Å². The van der Waals surface area contributed by atoms with Gasteiger partial charge in [-0.15, -0.1) is 0 Å². The molecule has 0 aliphatic heterocycles. The number of nitrogens with one attached hydrogen (secondary N) is 2. The molecule has 0 spiro atoms. The van der Waals surface area contributed by atoms with Crippen LogP contribution in [-0.4, -0.2) is 37.4 Å². The molecule has 130 valence electrons. The molecule has 0 bridgehead atoms. The first-order valence-corrected chi connectivity index (χ1v) is 7.62. The van der Waals surface area contributed by atoms with Crippen LogP contribution in [0.4, 0.5) is 10.5 Å². The lowest BCUT2D eigenvalue weighted by Gasteiger charge is -2.19. The minimum Gasteiger partial charge on any atom is -0.467 e. The predicted octanol–water partition coefficient (Wildman–Crippen LogP) is 2.54. The number of ether oxygens (including phenoxy) is 2. The summed E-state index contributed by atoms with van der Waals surface area (Å²) in [5, 5.41) is 5.62. The summed E-state index contributed by atoms with van der Waals surface area (Å²) in [6, 6.07) is 6.85. The average Bonchev–Trinajstić information content (AvgIpc) is 2.50. The van der Waals surface area contributed by atoms with Crippen molar-refractivity contribution in [2.24, 2.45) is 0 Å². The normalized spacial score (nSPS) is 11.5. The summed E-state index contributed by atoms with van der Waals surface area (Å²) in [6.45, 7) is 7.25. The number of benzene rings is 1. The monoisotopic (exact) mass is 332 g/mol. The van der Waals surface area contributed by atoms with Crippen molar-refractivity contribution in [3.8, 4) is 11.8 Å². The van der Waals surface area contributed by atoms with Gasteiger partial charge in [-0.1, -0.05) is 24.0 Å². The molecule has 2 N–H and O–H groups in total. The molecule has 0 aliphatic carbocycles. The van der Waals surface area contributed by atoms with E-state index in [0.29, 0.717) is 0 Å². The Bertz CT molecular complexity index is 638. The minimum absolute atomic E-state index is 0.163. The van der Waals surface area contributed by atoms with Gasteiger partial charge in [-0.3, -0.25) is 0 Å². The molecule has 24 heavy (non-hydrogen) atoms. The van der Waals surface area contributed by atoms with Gasteiger partial charge in [0.25, 0.3) is 0 Å². The van der Waals surface area contributed by atoms with Crippen molar-refractivity contribution >= 4 is 17.7 Å². The second-order valence-corrected chi connectivity index (χ2v) is 6.09. The molecule has 1 amide bonds. The fourth-order valence-corrected chi connectivity index (χ4v) is 1.76. The Morgan fingerprint density at radius 1 is 1.25 bits per heavy atom. The number of para-hydroxylation sites is 1. The van der Waals surface area contributed by atoms with Crippen LogP contribution in [0.3, 0.4) is 0 Å². The summed E-state index contributed by atoms with van der Waals surface area (Å²) in [4.78, 5) is 23.0. The van der Waals surface area contributed by atoms with E-state index in [-0.39, 0.29) is 12.5 Å². The zero-order chi connectivity index (χ0) is 18.2. The lowest BCUT2D eigenvalue weighted by molar-refractivity contribution is -0.141. The van der Waals surface area contributed by atoms with E-state index in [2.05, 4.69) is 27.2 Å². The molecule has 0 heterocycles. The maximum absolute atomic E-state index is 11.5. The summed E-state index contributed by atoms with van der Waals surface area (Å²) in [6.07, 6.45) is -0.512. The molecule has 0 saturated heterocycles. The van der Waals surface area contributed by atoms with Gasteiger partial charge in [-0.2, -0.15) is 0 Å². The lowest BCUT2D eigenvalue weighted by atomic mass is 10.1. The maximum Gasteiger partial charge on any atom is 0.408 e. The summed E-state index contributed by atoms with van der Waals surface area (Å²) in [5.41, 5.74) is 0.900. The van der Waals surface area contributed by atoms with Crippen molar-refractivity contribution in [3.05, 3.63) is 29.8 Å². The van der Waals surface area contributed by atoms with Gasteiger partial charge >= 0.3 is 12.1 Å². The topological polar surface area (TPSA) is 76.7 Å². The number of alkyl carbamates (subject to hydrolysis) is 1. The Morgan fingerprint density at radius 3 is 2.54 bits per heavy atom. The summed E-state index contributed by atoms with van der Waals surface area (Å²) < 4.78 is 9.81. The number of hydrogen-bond acceptors (Lipinski definition) is 5. The molecule has 6 heteroatoms. The average molecular weight is 332 g/mol. The van der Waals surface area contributed by atoms with Gasteiger partial charge < -0.3 is 20.1 Å². The largest absolute Gasteiger partial charge is 0.467 e. The Hall–Kier alpha value is -2.68. The SMILES string of the molecule is COC(=O)[C@@H](C)Nc1ccccc1C#CCNC(=O)OC(C)(C)C. The van der Waals surface area contributed by atoms with Crippen LogP contribution in [0.25, 0.3) is 0 Å². The molecule has 6 nitrogen and oxygen atoms in total. The van der Waals surface area contributed by atoms with Crippen molar-refractivity contribution < 1.29 is 19.1 Å². The fraction of sp³-hybridized carbons (Fsp3) is 0.444. The molecular weight excluding hydrogens is 308 g/mol. The zero-order valence-corrected chi connectivity index (χ0v) is 14.7. The van der Waals surface area contributed by atoms with E-state index >= 15 is 0 Å². The van der Waals surface area contributed by atoms with E-state index in [1.165, 1.54) is 7.11 Å². The number of methoxy groups -OCH3 is 1. The molecule has 1 rings (SSSR count). The van der Waals surface area contributed by atoms with E-state index in [4.69, 9.17) is 4.74 Å². The number of esters is 1. The lowest BCUT2D eigenvalue weighted by Crippen LogP contribution is -2.32. The Kier molecular flexibility index (Phi) is 7.12. The van der Waals surface area contributed by atoms with E-state index in [9.17, 15) is 9.59 Å². The third-order valence-electron chi connectivity index (χ3n) is 2.80. The first-order valence-electron chi connectivity index (χ1n) is 7.62. The van der Waals surface area contributed by atoms with Crippen LogP contribution >= 0.6 is 0 Å². The molecule has 0 aromatic heterocycles. The van der Waals surface area contributed by atoms with Crippen molar-refractivity contribution in [3.63, 3.8) is 0 Å². The number of hydrogen-bond donors (Lipinski definition) is 2. The van der Waals surface area contributed by atoms with Gasteiger partial charge in [-0.05, 0) is 39.8 Å². The van der Waals surface area contributed by atoms with Crippen molar-refractivity contribution in [2.45, 2.75) is 39.3 Å². The molecule has 1 aromatic rings. The molecule has 0 fully saturated rings. The van der Waals surface area contributed by atoms with Crippen LogP contribution in [0.2, 0.25) is 0 Å². The van der Waals surface area contributed by atoms with Crippen LogP contribution in [0.5, 0.6) is 0 Å². The molecule has 1 atom stereocenters. The maximum atomic E-state index is 11.5. The van der Waals surface area contributed by atoms with Crippen LogP contribution in [0.15, 0.2) is 24.3 Å². The van der Waals surface area contributed by atoms with Gasteiger partial charge in [0.05, 0.1) is 19.3 Å². The van der Waals surface area contributed by atoms with Gasteiger partial charge in [0.15, 0.2) is 0 Å². The number of carbonyl (C=O) groups is 2. The Balaban J connectivity index is 2.66. The number of amides is 1. The predicted molar refractivity (Wildman–Crippen MR) is 92.7 cm³/mol. The van der Waals surface area contributed by atoms with E-state index in [1.807, 2.05) is 24.3 Å². The first kappa shape index (κ1) is 19.4. The van der Waals surface area contributed by atoms with Crippen LogP contribution < -0.4 is 10.6 Å². The highest BCUT2D eigenvalue weighted by atomic mass is 16.6. The van der Waals surface area contributed by atoms with Crippen LogP contribution in [0.1, 0.15) is 33.3 Å². The van der Waals surface area contributed by atoms with E-state index in [0.717, 1.165) is 11.3 Å². The van der Waals surface area contributed by atoms with Crippen molar-refractivity contribution in [1.29, 1.82) is 0 Å². The van der Waals surface area contributed by atoms with Crippen LogP contribution in [0, 0.1) is 11.8 Å². The van der Waals surface area contributed by atoms with Crippen molar-refractivity contribution in [2.75, 3.05) is 19.0 Å². The smallest absolute Gasteiger partial charge is 0.408 e. The number of rotatable bonds is 4. The van der Waals surface area contributed by atoms with E-state index in [1.54, 1.807) is 27.7 Å². The Morgan fingerprint density at radius 2 is 1.92 bits per heavy atom.